The Morgan fingerprint density at radius 1 is 0.886 bits per heavy atom. The molecule has 0 spiro atoms. The predicted molar refractivity (Wildman–Crippen MR) is 143 cm³/mol. The maximum atomic E-state index is 11.5. The van der Waals surface area contributed by atoms with E-state index >= 15 is 0 Å². The van der Waals surface area contributed by atoms with Crippen LogP contribution in [0.5, 0.6) is 5.75 Å². The molecule has 0 aliphatic heterocycles. The molecule has 1 atom stereocenters. The summed E-state index contributed by atoms with van der Waals surface area (Å²) in [5.74, 6) is -0.164. The van der Waals surface area contributed by atoms with E-state index in [1.165, 1.54) is 11.1 Å². The van der Waals surface area contributed by atoms with Gasteiger partial charge < -0.3 is 14.6 Å². The molecule has 1 unspecified atom stereocenters. The zero-order valence-corrected chi connectivity index (χ0v) is 20.8. The Labute approximate surface area is 209 Å². The quantitative estimate of drug-likeness (QED) is 0.248. The van der Waals surface area contributed by atoms with Crippen LogP contribution in [0.15, 0.2) is 84.9 Å². The lowest BCUT2D eigenvalue weighted by Gasteiger charge is -2.14. The van der Waals surface area contributed by atoms with Crippen LogP contribution in [-0.2, 0) is 16.0 Å². The van der Waals surface area contributed by atoms with Gasteiger partial charge in [0.2, 0.25) is 0 Å². The zero-order valence-electron chi connectivity index (χ0n) is 20.8. The van der Waals surface area contributed by atoms with E-state index < -0.39 is 12.1 Å². The van der Waals surface area contributed by atoms with Gasteiger partial charge in [-0.2, -0.15) is 0 Å². The number of carboxylic acids is 1. The topological polar surface area (TPSA) is 55.8 Å². The Morgan fingerprint density at radius 3 is 2.23 bits per heavy atom. The van der Waals surface area contributed by atoms with Crippen molar-refractivity contribution in [3.63, 3.8) is 0 Å². The first-order valence-corrected chi connectivity index (χ1v) is 12.5. The van der Waals surface area contributed by atoms with E-state index in [-0.39, 0.29) is 0 Å². The first-order chi connectivity index (χ1) is 17.1. The second-order valence-corrected chi connectivity index (χ2v) is 8.75. The molecule has 0 radical (unpaired) electrons. The van der Waals surface area contributed by atoms with Crippen molar-refractivity contribution in [3.05, 3.63) is 96.1 Å². The third kappa shape index (κ3) is 8.73. The molecule has 3 rings (SSSR count). The van der Waals surface area contributed by atoms with Crippen LogP contribution in [0.4, 0.5) is 0 Å². The highest BCUT2D eigenvalue weighted by molar-refractivity contribution is 5.72. The molecule has 0 saturated carbocycles. The fraction of sp³-hybridized carbons (Fsp3) is 0.323. The lowest BCUT2D eigenvalue weighted by atomic mass is 10.0. The van der Waals surface area contributed by atoms with Crippen molar-refractivity contribution < 1.29 is 19.4 Å². The van der Waals surface area contributed by atoms with Crippen LogP contribution in [0.2, 0.25) is 0 Å². The molecule has 0 aliphatic carbocycles. The van der Waals surface area contributed by atoms with E-state index in [0.717, 1.165) is 48.1 Å². The Kier molecular flexibility index (Phi) is 10.6. The van der Waals surface area contributed by atoms with Gasteiger partial charge in [0.25, 0.3) is 0 Å². The molecule has 184 valence electrons. The van der Waals surface area contributed by atoms with E-state index in [1.54, 1.807) is 0 Å². The number of allylic oxidation sites excluding steroid dienone is 1. The molecule has 0 bridgehead atoms. The van der Waals surface area contributed by atoms with E-state index in [4.69, 9.17) is 9.47 Å². The van der Waals surface area contributed by atoms with Crippen LogP contribution in [0.1, 0.15) is 50.7 Å². The number of hydrogen-bond acceptors (Lipinski definition) is 3. The van der Waals surface area contributed by atoms with Gasteiger partial charge in [0.05, 0.1) is 0 Å². The molecule has 0 saturated heterocycles. The van der Waals surface area contributed by atoms with Crippen LogP contribution in [0.3, 0.4) is 0 Å². The van der Waals surface area contributed by atoms with Crippen LogP contribution in [0, 0.1) is 0 Å². The van der Waals surface area contributed by atoms with Gasteiger partial charge in [-0.15, -0.1) is 0 Å². The van der Waals surface area contributed by atoms with Crippen LogP contribution < -0.4 is 4.74 Å². The molecule has 1 N–H and O–H groups in total. The molecule has 4 nitrogen and oxygen atoms in total. The predicted octanol–water partition coefficient (Wildman–Crippen LogP) is 7.43. The van der Waals surface area contributed by atoms with Crippen molar-refractivity contribution in [3.8, 4) is 16.9 Å². The summed E-state index contributed by atoms with van der Waals surface area (Å²) in [5, 5.41) is 9.47. The number of aliphatic carboxylic acids is 1. The zero-order chi connectivity index (χ0) is 24.9. The van der Waals surface area contributed by atoms with E-state index in [0.29, 0.717) is 19.6 Å². The third-order valence-corrected chi connectivity index (χ3v) is 6.02. The molecule has 3 aromatic carbocycles. The first kappa shape index (κ1) is 26.2. The average Bonchev–Trinajstić information content (AvgIpc) is 2.89. The number of rotatable bonds is 14. The van der Waals surface area contributed by atoms with Crippen molar-refractivity contribution in [1.82, 2.24) is 0 Å². The molecular formula is C31H36O4. The minimum atomic E-state index is -0.918. The maximum Gasteiger partial charge on any atom is 0.333 e. The molecule has 4 heteroatoms. The van der Waals surface area contributed by atoms with Gasteiger partial charge in [-0.3, -0.25) is 0 Å². The Bertz CT molecular complexity index is 1050. The second-order valence-electron chi connectivity index (χ2n) is 8.75. The standard InChI is InChI=1S/C31H36O4/c1-3-4-5-9-21-35-30(31(32)33)23-25-12-18-29(19-13-25)34-22-20-24(2)26-14-16-28(17-15-26)27-10-7-6-8-11-27/h6-8,10-20,30H,3-5,9,21-23H2,1-2H3,(H,32,33)/b24-20+. The maximum absolute atomic E-state index is 11.5. The summed E-state index contributed by atoms with van der Waals surface area (Å²) in [6.45, 7) is 5.18. The Hall–Kier alpha value is -3.37. The number of hydrogen-bond donors (Lipinski definition) is 1. The average molecular weight is 473 g/mol. The Morgan fingerprint density at radius 2 is 1.57 bits per heavy atom. The summed E-state index contributed by atoms with van der Waals surface area (Å²) in [5.41, 5.74) is 5.65. The lowest BCUT2D eigenvalue weighted by Crippen LogP contribution is -2.26. The summed E-state index contributed by atoms with van der Waals surface area (Å²) in [6, 6.07) is 26.5. The van der Waals surface area contributed by atoms with Gasteiger partial charge in [-0.05, 0) is 59.4 Å². The normalized spacial score (nSPS) is 12.3. The van der Waals surface area contributed by atoms with E-state index in [1.807, 2.05) is 42.5 Å². The van der Waals surface area contributed by atoms with Crippen LogP contribution in [0.25, 0.3) is 16.7 Å². The van der Waals surface area contributed by atoms with Crippen molar-refractivity contribution in [1.29, 1.82) is 0 Å². The monoisotopic (exact) mass is 472 g/mol. The Balaban J connectivity index is 1.48. The highest BCUT2D eigenvalue weighted by atomic mass is 16.5. The van der Waals surface area contributed by atoms with E-state index in [9.17, 15) is 9.90 Å². The highest BCUT2D eigenvalue weighted by Crippen LogP contribution is 2.22. The van der Waals surface area contributed by atoms with Gasteiger partial charge in [0.1, 0.15) is 12.4 Å². The number of ether oxygens (including phenoxy) is 2. The summed E-state index contributed by atoms with van der Waals surface area (Å²) in [4.78, 5) is 11.5. The molecule has 0 amide bonds. The van der Waals surface area contributed by atoms with Crippen molar-refractivity contribution in [2.75, 3.05) is 13.2 Å². The summed E-state index contributed by atoms with van der Waals surface area (Å²) >= 11 is 0. The van der Waals surface area contributed by atoms with Crippen LogP contribution >= 0.6 is 0 Å². The largest absolute Gasteiger partial charge is 0.490 e. The minimum Gasteiger partial charge on any atom is -0.490 e. The molecule has 35 heavy (non-hydrogen) atoms. The molecule has 0 heterocycles. The van der Waals surface area contributed by atoms with Crippen molar-refractivity contribution in [2.45, 2.75) is 52.1 Å². The molecule has 0 aromatic heterocycles. The number of carbonyl (C=O) groups is 1. The number of unbranched alkanes of at least 4 members (excludes halogenated alkanes) is 3. The first-order valence-electron chi connectivity index (χ1n) is 12.5. The van der Waals surface area contributed by atoms with Crippen molar-refractivity contribution >= 4 is 11.5 Å². The van der Waals surface area contributed by atoms with Gasteiger partial charge >= 0.3 is 5.97 Å². The lowest BCUT2D eigenvalue weighted by molar-refractivity contribution is -0.150. The molecule has 3 aromatic rings. The summed E-state index contributed by atoms with van der Waals surface area (Å²) in [6.07, 6.45) is 5.86. The fourth-order valence-corrected chi connectivity index (χ4v) is 3.84. The highest BCUT2D eigenvalue weighted by Gasteiger charge is 2.18. The van der Waals surface area contributed by atoms with Crippen molar-refractivity contribution in [2.24, 2.45) is 0 Å². The van der Waals surface area contributed by atoms with E-state index in [2.05, 4.69) is 56.3 Å². The summed E-state index contributed by atoms with van der Waals surface area (Å²) < 4.78 is 11.5. The van der Waals surface area contributed by atoms with Crippen LogP contribution in [-0.4, -0.2) is 30.4 Å². The van der Waals surface area contributed by atoms with Gasteiger partial charge in [0, 0.05) is 13.0 Å². The number of carboxylic acid groups (broad SMARTS) is 1. The van der Waals surface area contributed by atoms with Gasteiger partial charge in [-0.1, -0.05) is 92.9 Å². The summed E-state index contributed by atoms with van der Waals surface area (Å²) in [7, 11) is 0. The smallest absolute Gasteiger partial charge is 0.333 e. The fourth-order valence-electron chi connectivity index (χ4n) is 3.84. The third-order valence-electron chi connectivity index (χ3n) is 6.02. The molecule has 0 aliphatic rings. The minimum absolute atomic E-state index is 0.349. The molecule has 0 fully saturated rings. The SMILES string of the molecule is CCCCCCOC(Cc1ccc(OC/C=C(\C)c2ccc(-c3ccccc3)cc2)cc1)C(=O)O. The van der Waals surface area contributed by atoms with Gasteiger partial charge in [0.15, 0.2) is 6.10 Å². The molecular weight excluding hydrogens is 436 g/mol. The second kappa shape index (κ2) is 14.1. The number of benzene rings is 3. The van der Waals surface area contributed by atoms with Gasteiger partial charge in [-0.25, -0.2) is 4.79 Å².